The minimum absolute atomic E-state index is 0.0179. The maximum atomic E-state index is 12.7. The van der Waals surface area contributed by atoms with Crippen LogP contribution in [0, 0.1) is 20.8 Å². The van der Waals surface area contributed by atoms with Crippen LogP contribution < -0.4 is 16.1 Å². The summed E-state index contributed by atoms with van der Waals surface area (Å²) in [4.78, 5) is 38.7. The number of ether oxygens (including phenoxy) is 1. The molecule has 0 amide bonds. The van der Waals surface area contributed by atoms with E-state index in [1.165, 1.54) is 20.9 Å². The number of fused-ring (bicyclic) bond motifs is 1. The van der Waals surface area contributed by atoms with Crippen molar-refractivity contribution in [2.45, 2.75) is 67.2 Å². The van der Waals surface area contributed by atoms with E-state index in [0.29, 0.717) is 29.5 Å². The normalized spacial score (nSPS) is 14.9. The first-order chi connectivity index (χ1) is 15.1. The number of carboxylic acid groups (broad SMARTS) is 1. The number of Topliss-reactive ketones (excluding diaryl/α,β-unsaturated/α-hetero) is 1. The third kappa shape index (κ3) is 6.58. The van der Waals surface area contributed by atoms with Crippen molar-refractivity contribution in [2.75, 3.05) is 0 Å². The number of rotatable bonds is 4. The Kier molecular flexibility index (Phi) is 10.4. The van der Waals surface area contributed by atoms with Crippen molar-refractivity contribution in [3.05, 3.63) is 60.3 Å². The van der Waals surface area contributed by atoms with E-state index in [-0.39, 0.29) is 11.7 Å². The van der Waals surface area contributed by atoms with Crippen molar-refractivity contribution in [1.29, 1.82) is 0 Å². The van der Waals surface area contributed by atoms with Gasteiger partial charge in [-0.05, 0) is 38.0 Å². The van der Waals surface area contributed by atoms with Crippen LogP contribution in [0.4, 0.5) is 0 Å². The van der Waals surface area contributed by atoms with Crippen LogP contribution in [0.1, 0.15) is 47.5 Å². The summed E-state index contributed by atoms with van der Waals surface area (Å²) in [6, 6.07) is 0. The van der Waals surface area contributed by atoms with Crippen molar-refractivity contribution < 1.29 is 19.4 Å². The molecule has 0 fully saturated rings. The summed E-state index contributed by atoms with van der Waals surface area (Å²) in [6.07, 6.45) is 4.08. The average Bonchev–Trinajstić information content (AvgIpc) is 3.03. The lowest BCUT2D eigenvalue weighted by Gasteiger charge is -2.25. The molecule has 3 rings (SSSR count). The second-order valence-electron chi connectivity index (χ2n) is 7.02. The van der Waals surface area contributed by atoms with Crippen LogP contribution >= 0.6 is 11.3 Å². The van der Waals surface area contributed by atoms with Crippen molar-refractivity contribution in [3.63, 3.8) is 0 Å². The largest absolute Gasteiger partial charge is 0.476 e. The van der Waals surface area contributed by atoms with Crippen LogP contribution in [0.2, 0.25) is 0 Å². The first kappa shape index (κ1) is 27.2. The fourth-order valence-corrected chi connectivity index (χ4v) is 4.29. The zero-order valence-electron chi connectivity index (χ0n) is 19.7. The molecule has 2 aromatic heterocycles. The number of hydrogen-bond donors (Lipinski definition) is 1. The number of carboxylic acids is 1. The molecule has 32 heavy (non-hydrogen) atoms. The van der Waals surface area contributed by atoms with Gasteiger partial charge in [-0.15, -0.1) is 11.3 Å². The highest BCUT2D eigenvalue weighted by Crippen LogP contribution is 2.33. The molecule has 0 aromatic carbocycles. The number of hydrogen-bond acceptors (Lipinski definition) is 6. The van der Waals surface area contributed by atoms with Crippen LogP contribution in [-0.4, -0.2) is 32.5 Å². The van der Waals surface area contributed by atoms with Gasteiger partial charge in [-0.3, -0.25) is 14.2 Å². The Labute approximate surface area is 192 Å². The molecule has 1 atom stereocenters. The van der Waals surface area contributed by atoms with Crippen molar-refractivity contribution >= 4 is 35.7 Å². The van der Waals surface area contributed by atoms with E-state index in [1.54, 1.807) is 16.7 Å². The van der Waals surface area contributed by atoms with Crippen molar-refractivity contribution in [1.82, 2.24) is 9.55 Å². The standard InChI is InChI=1S/C19H22N2O2S.C3H4O3.C2H6/c1-6-7-16-12(3)20-14(5)21(19(16)22)9-15-8-17-11(2)13(4)24-18(17)10-23-15;1-2(4)3(5)6;1-2/h6-7,15H,1,3,8-10H2,2,4-5H3;1H3,(H,5,6);1-2H3/b16-7+;;. The third-order valence-corrected chi connectivity index (χ3v) is 6.14. The smallest absolute Gasteiger partial charge is 0.371 e. The second-order valence-corrected chi connectivity index (χ2v) is 8.33. The molecule has 2 aromatic rings. The summed E-state index contributed by atoms with van der Waals surface area (Å²) in [5.74, 6) is -1.54. The summed E-state index contributed by atoms with van der Waals surface area (Å²) in [6.45, 7) is 19.8. The Morgan fingerprint density at radius 2 is 1.91 bits per heavy atom. The summed E-state index contributed by atoms with van der Waals surface area (Å²) in [5.41, 5.74) is 2.67. The minimum Gasteiger partial charge on any atom is -0.476 e. The molecular weight excluding hydrogens is 428 g/mol. The topological polar surface area (TPSA) is 98.5 Å². The molecule has 7 nitrogen and oxygen atoms in total. The van der Waals surface area contributed by atoms with Gasteiger partial charge >= 0.3 is 5.97 Å². The predicted octanol–water partition coefficient (Wildman–Crippen LogP) is 2.43. The van der Waals surface area contributed by atoms with E-state index < -0.39 is 11.8 Å². The molecule has 1 aliphatic heterocycles. The van der Waals surface area contributed by atoms with E-state index >= 15 is 0 Å². The number of allylic oxidation sites excluding steroid dienone is 1. The zero-order chi connectivity index (χ0) is 24.6. The van der Waals surface area contributed by atoms with E-state index in [4.69, 9.17) is 9.84 Å². The van der Waals surface area contributed by atoms with Crippen LogP contribution in [0.5, 0.6) is 0 Å². The van der Waals surface area contributed by atoms with Gasteiger partial charge in [-0.2, -0.15) is 0 Å². The van der Waals surface area contributed by atoms with Crippen LogP contribution in [0.25, 0.3) is 12.7 Å². The average molecular weight is 461 g/mol. The highest BCUT2D eigenvalue weighted by molar-refractivity contribution is 7.12. The molecule has 0 spiro atoms. The van der Waals surface area contributed by atoms with Gasteiger partial charge in [0.25, 0.3) is 5.56 Å². The minimum atomic E-state index is -1.38. The van der Waals surface area contributed by atoms with Gasteiger partial charge in [0.2, 0.25) is 5.78 Å². The molecule has 174 valence electrons. The Bertz CT molecular complexity index is 1150. The lowest BCUT2D eigenvalue weighted by Crippen LogP contribution is -2.48. The zero-order valence-corrected chi connectivity index (χ0v) is 20.5. The van der Waals surface area contributed by atoms with Crippen LogP contribution in [0.3, 0.4) is 0 Å². The van der Waals surface area contributed by atoms with E-state index in [1.807, 2.05) is 32.1 Å². The van der Waals surface area contributed by atoms with Gasteiger partial charge in [-0.1, -0.05) is 33.1 Å². The molecule has 1 N–H and O–H groups in total. The fourth-order valence-electron chi connectivity index (χ4n) is 3.16. The van der Waals surface area contributed by atoms with Crippen molar-refractivity contribution in [2.24, 2.45) is 0 Å². The summed E-state index contributed by atoms with van der Waals surface area (Å²) >= 11 is 1.81. The predicted molar refractivity (Wildman–Crippen MR) is 128 cm³/mol. The number of aryl methyl sites for hydroxylation is 2. The SMILES string of the molecule is C=C/C=c1\c(=C)nc(C)n(CC2Cc3c(sc(C)c3C)CO2)c1=O.CC.CC(=O)C(=O)O. The van der Waals surface area contributed by atoms with Gasteiger partial charge in [-0.25, -0.2) is 9.78 Å². The first-order valence-corrected chi connectivity index (χ1v) is 11.2. The quantitative estimate of drug-likeness (QED) is 0.704. The monoisotopic (exact) mass is 460 g/mol. The number of aliphatic carboxylic acids is 1. The van der Waals surface area contributed by atoms with Crippen LogP contribution in [0.15, 0.2) is 17.4 Å². The molecule has 0 radical (unpaired) electrons. The van der Waals surface area contributed by atoms with Gasteiger partial charge in [0.05, 0.1) is 29.8 Å². The molecule has 0 saturated heterocycles. The molecule has 1 aliphatic rings. The van der Waals surface area contributed by atoms with Gasteiger partial charge in [0.1, 0.15) is 5.82 Å². The fraction of sp³-hybridized carbons (Fsp3) is 0.417. The van der Waals surface area contributed by atoms with Gasteiger partial charge in [0, 0.05) is 23.1 Å². The molecule has 1 unspecified atom stereocenters. The maximum Gasteiger partial charge on any atom is 0.371 e. The van der Waals surface area contributed by atoms with E-state index in [2.05, 4.69) is 32.0 Å². The Balaban J connectivity index is 0.000000556. The summed E-state index contributed by atoms with van der Waals surface area (Å²) in [5, 5.41) is 8.63. The van der Waals surface area contributed by atoms with Crippen molar-refractivity contribution in [3.8, 4) is 0 Å². The molecule has 0 bridgehead atoms. The molecule has 0 aliphatic carbocycles. The lowest BCUT2D eigenvalue weighted by atomic mass is 10.0. The number of ketones is 1. The highest BCUT2D eigenvalue weighted by Gasteiger charge is 2.24. The highest BCUT2D eigenvalue weighted by atomic mass is 32.1. The molecule has 3 heterocycles. The number of nitrogens with zero attached hydrogens (tertiary/aromatic N) is 2. The number of thiophene rings is 1. The summed E-state index contributed by atoms with van der Waals surface area (Å²) < 4.78 is 7.68. The third-order valence-electron chi connectivity index (χ3n) is 4.92. The van der Waals surface area contributed by atoms with E-state index in [0.717, 1.165) is 13.3 Å². The summed E-state index contributed by atoms with van der Waals surface area (Å²) in [7, 11) is 0. The number of carbonyl (C=O) groups excluding carboxylic acids is 1. The van der Waals surface area contributed by atoms with Gasteiger partial charge < -0.3 is 9.84 Å². The molecule has 0 saturated carbocycles. The number of aromatic nitrogens is 2. The lowest BCUT2D eigenvalue weighted by molar-refractivity contribution is -0.148. The Hall–Kier alpha value is -2.84. The molecular formula is C24H32N2O5S. The van der Waals surface area contributed by atoms with Crippen LogP contribution in [-0.2, 0) is 33.9 Å². The van der Waals surface area contributed by atoms with Gasteiger partial charge in [0.15, 0.2) is 0 Å². The second kappa shape index (κ2) is 12.3. The molecule has 8 heteroatoms. The maximum absolute atomic E-state index is 12.7. The van der Waals surface area contributed by atoms with E-state index in [9.17, 15) is 14.4 Å². The Morgan fingerprint density at radius 3 is 2.44 bits per heavy atom. The number of carbonyl (C=O) groups is 2. The first-order valence-electron chi connectivity index (χ1n) is 10.4. The Morgan fingerprint density at radius 1 is 1.31 bits per heavy atom.